The highest BCUT2D eigenvalue weighted by molar-refractivity contribution is 5.19. The van der Waals surface area contributed by atoms with Gasteiger partial charge in [-0.05, 0) is 38.4 Å². The van der Waals surface area contributed by atoms with Gasteiger partial charge in [-0.1, -0.05) is 18.9 Å². The van der Waals surface area contributed by atoms with Gasteiger partial charge in [-0.15, -0.1) is 0 Å². The molecular formula is C14H22N2O. The predicted octanol–water partition coefficient (Wildman–Crippen LogP) is 2.69. The number of pyridine rings is 1. The minimum Gasteiger partial charge on any atom is -0.373 e. The van der Waals surface area contributed by atoms with E-state index in [0.717, 1.165) is 19.4 Å². The zero-order valence-electron chi connectivity index (χ0n) is 10.8. The molecule has 3 heteroatoms. The van der Waals surface area contributed by atoms with Crippen LogP contribution in [-0.2, 0) is 4.74 Å². The van der Waals surface area contributed by atoms with Gasteiger partial charge in [-0.3, -0.25) is 4.98 Å². The van der Waals surface area contributed by atoms with E-state index in [1.807, 2.05) is 25.5 Å². The Hall–Kier alpha value is -0.930. The fraction of sp³-hybridized carbons (Fsp3) is 0.643. The van der Waals surface area contributed by atoms with Crippen LogP contribution in [0.3, 0.4) is 0 Å². The lowest BCUT2D eigenvalue weighted by Crippen LogP contribution is -2.43. The van der Waals surface area contributed by atoms with Gasteiger partial charge in [0.1, 0.15) is 0 Å². The second-order valence-corrected chi connectivity index (χ2v) is 4.71. The van der Waals surface area contributed by atoms with Crippen LogP contribution in [0.25, 0.3) is 0 Å². The molecule has 94 valence electrons. The number of aromatic nitrogens is 1. The fourth-order valence-corrected chi connectivity index (χ4v) is 3.06. The van der Waals surface area contributed by atoms with Gasteiger partial charge >= 0.3 is 0 Å². The summed E-state index contributed by atoms with van der Waals surface area (Å²) in [7, 11) is 2.01. The zero-order chi connectivity index (χ0) is 12.1. The van der Waals surface area contributed by atoms with Gasteiger partial charge in [0.25, 0.3) is 0 Å². The normalized spacial score (nSPS) is 20.4. The number of nitrogens with zero attached hydrogens (tertiary/aromatic N) is 1. The van der Waals surface area contributed by atoms with E-state index < -0.39 is 0 Å². The number of ether oxygens (including phenoxy) is 1. The first kappa shape index (κ1) is 12.5. The van der Waals surface area contributed by atoms with Crippen molar-refractivity contribution in [3.8, 4) is 0 Å². The van der Waals surface area contributed by atoms with Crippen molar-refractivity contribution in [3.63, 3.8) is 0 Å². The van der Waals surface area contributed by atoms with Crippen LogP contribution >= 0.6 is 0 Å². The van der Waals surface area contributed by atoms with Crippen molar-refractivity contribution in [2.75, 3.05) is 13.7 Å². The van der Waals surface area contributed by atoms with E-state index in [-0.39, 0.29) is 11.6 Å². The molecule has 0 aliphatic heterocycles. The van der Waals surface area contributed by atoms with E-state index in [9.17, 15) is 0 Å². The average Bonchev–Trinajstić information content (AvgIpc) is 2.81. The van der Waals surface area contributed by atoms with Crippen LogP contribution in [0, 0.1) is 0 Å². The average molecular weight is 234 g/mol. The molecule has 3 nitrogen and oxygen atoms in total. The Labute approximate surface area is 104 Å². The van der Waals surface area contributed by atoms with E-state index in [0.29, 0.717) is 0 Å². The summed E-state index contributed by atoms with van der Waals surface area (Å²) in [5.74, 6) is 0. The summed E-state index contributed by atoms with van der Waals surface area (Å²) < 4.78 is 6.11. The number of hydrogen-bond acceptors (Lipinski definition) is 3. The Morgan fingerprint density at radius 2 is 2.24 bits per heavy atom. The van der Waals surface area contributed by atoms with Crippen molar-refractivity contribution in [2.45, 2.75) is 44.2 Å². The highest BCUT2D eigenvalue weighted by Gasteiger charge is 2.42. The molecule has 0 bridgehead atoms. The number of hydrogen-bond donors (Lipinski definition) is 1. The molecule has 1 aromatic heterocycles. The van der Waals surface area contributed by atoms with Crippen molar-refractivity contribution in [1.82, 2.24) is 10.3 Å². The second kappa shape index (κ2) is 5.61. The highest BCUT2D eigenvalue weighted by atomic mass is 16.5. The third-order valence-corrected chi connectivity index (χ3v) is 3.71. The minimum atomic E-state index is -0.0352. The fourth-order valence-electron chi connectivity index (χ4n) is 3.06. The van der Waals surface area contributed by atoms with Gasteiger partial charge < -0.3 is 10.1 Å². The lowest BCUT2D eigenvalue weighted by Gasteiger charge is -2.37. The van der Waals surface area contributed by atoms with Gasteiger partial charge in [0.2, 0.25) is 0 Å². The molecule has 1 unspecified atom stereocenters. The second-order valence-electron chi connectivity index (χ2n) is 4.71. The Morgan fingerprint density at radius 3 is 2.76 bits per heavy atom. The van der Waals surface area contributed by atoms with Crippen LogP contribution in [-0.4, -0.2) is 24.2 Å². The quantitative estimate of drug-likeness (QED) is 0.850. The van der Waals surface area contributed by atoms with Gasteiger partial charge in [0.05, 0.1) is 11.6 Å². The van der Waals surface area contributed by atoms with E-state index in [4.69, 9.17) is 4.74 Å². The van der Waals surface area contributed by atoms with Crippen LogP contribution in [0.15, 0.2) is 24.5 Å². The Kier molecular flexibility index (Phi) is 4.13. The first-order chi connectivity index (χ1) is 8.32. The SMILES string of the molecule is CCOC1(C(NC)c2cccnc2)CCCC1. The molecule has 0 radical (unpaired) electrons. The molecule has 1 heterocycles. The number of likely N-dealkylation sites (N-methyl/N-ethyl adjacent to an activating group) is 1. The molecule has 1 aliphatic carbocycles. The maximum absolute atomic E-state index is 6.11. The highest BCUT2D eigenvalue weighted by Crippen LogP contribution is 2.42. The lowest BCUT2D eigenvalue weighted by atomic mass is 9.87. The van der Waals surface area contributed by atoms with E-state index in [2.05, 4.69) is 23.3 Å². The molecular weight excluding hydrogens is 212 g/mol. The lowest BCUT2D eigenvalue weighted by molar-refractivity contribution is -0.0611. The third-order valence-electron chi connectivity index (χ3n) is 3.71. The topological polar surface area (TPSA) is 34.1 Å². The molecule has 1 saturated carbocycles. The molecule has 1 aliphatic rings. The first-order valence-corrected chi connectivity index (χ1v) is 6.53. The summed E-state index contributed by atoms with van der Waals surface area (Å²) >= 11 is 0. The smallest absolute Gasteiger partial charge is 0.0876 e. The van der Waals surface area contributed by atoms with E-state index >= 15 is 0 Å². The van der Waals surface area contributed by atoms with Gasteiger partial charge in [0, 0.05) is 19.0 Å². The first-order valence-electron chi connectivity index (χ1n) is 6.53. The summed E-state index contributed by atoms with van der Waals surface area (Å²) in [5, 5.41) is 3.42. The van der Waals surface area contributed by atoms with Crippen molar-refractivity contribution in [1.29, 1.82) is 0 Å². The standard InChI is InChI=1S/C14H22N2O/c1-3-17-14(8-4-5-9-14)13(15-2)12-7-6-10-16-11-12/h6-7,10-11,13,15H,3-5,8-9H2,1-2H3. The van der Waals surface area contributed by atoms with E-state index in [1.165, 1.54) is 18.4 Å². The van der Waals surface area contributed by atoms with E-state index in [1.54, 1.807) is 0 Å². The Balaban J connectivity index is 2.26. The summed E-state index contributed by atoms with van der Waals surface area (Å²) in [6, 6.07) is 4.38. The van der Waals surface area contributed by atoms with Crippen molar-refractivity contribution in [2.24, 2.45) is 0 Å². The van der Waals surface area contributed by atoms with Crippen LogP contribution < -0.4 is 5.32 Å². The molecule has 0 amide bonds. The largest absolute Gasteiger partial charge is 0.373 e. The molecule has 0 saturated heterocycles. The number of nitrogens with one attached hydrogen (secondary N) is 1. The minimum absolute atomic E-state index is 0.0352. The molecule has 1 atom stereocenters. The van der Waals surface area contributed by atoms with Crippen molar-refractivity contribution < 1.29 is 4.74 Å². The van der Waals surface area contributed by atoms with Crippen molar-refractivity contribution >= 4 is 0 Å². The molecule has 17 heavy (non-hydrogen) atoms. The zero-order valence-corrected chi connectivity index (χ0v) is 10.8. The van der Waals surface area contributed by atoms with Crippen LogP contribution in [0.1, 0.15) is 44.2 Å². The molecule has 0 aromatic carbocycles. The molecule has 1 N–H and O–H groups in total. The molecule has 1 aromatic rings. The predicted molar refractivity (Wildman–Crippen MR) is 68.9 cm³/mol. The van der Waals surface area contributed by atoms with Crippen LogP contribution in [0.4, 0.5) is 0 Å². The maximum Gasteiger partial charge on any atom is 0.0876 e. The summed E-state index contributed by atoms with van der Waals surface area (Å²) in [6.45, 7) is 2.86. The van der Waals surface area contributed by atoms with Crippen LogP contribution in [0.5, 0.6) is 0 Å². The van der Waals surface area contributed by atoms with Gasteiger partial charge in [0.15, 0.2) is 0 Å². The summed E-state index contributed by atoms with van der Waals surface area (Å²) in [4.78, 5) is 4.22. The van der Waals surface area contributed by atoms with Crippen molar-refractivity contribution in [3.05, 3.63) is 30.1 Å². The molecule has 2 rings (SSSR count). The summed E-state index contributed by atoms with van der Waals surface area (Å²) in [6.07, 6.45) is 8.57. The van der Waals surface area contributed by atoms with Gasteiger partial charge in [-0.25, -0.2) is 0 Å². The number of rotatable bonds is 5. The maximum atomic E-state index is 6.11. The Morgan fingerprint density at radius 1 is 1.47 bits per heavy atom. The molecule has 0 spiro atoms. The molecule has 1 fully saturated rings. The third kappa shape index (κ3) is 2.50. The van der Waals surface area contributed by atoms with Crippen LogP contribution in [0.2, 0.25) is 0 Å². The summed E-state index contributed by atoms with van der Waals surface area (Å²) in [5.41, 5.74) is 1.19. The monoisotopic (exact) mass is 234 g/mol. The van der Waals surface area contributed by atoms with Gasteiger partial charge in [-0.2, -0.15) is 0 Å². The Bertz CT molecular complexity index is 333.